The minimum Gasteiger partial charge on any atom is -0.493 e. The number of rotatable bonds is 9. The van der Waals surface area contributed by atoms with Gasteiger partial charge in [-0.25, -0.2) is 18.4 Å². The summed E-state index contributed by atoms with van der Waals surface area (Å²) in [5.41, 5.74) is 0.818. The first-order valence-electron chi connectivity index (χ1n) is 13.2. The standard InChI is InChI=1S/C26H38N4O4S/c1-33-23-16-21-22(17-24(23)34-14-7-13-30-11-4-5-12-30)28-25(19-8-2-3-9-19)29-26(21)27-20-10-6-15-35(31,32)18-20/h16-17,19-20H,2-15,18H2,1H3,(H,27,28,29). The minimum atomic E-state index is -3.02. The first-order chi connectivity index (χ1) is 17.0. The predicted molar refractivity (Wildman–Crippen MR) is 138 cm³/mol. The lowest BCUT2D eigenvalue weighted by molar-refractivity contribution is 0.254. The highest BCUT2D eigenvalue weighted by Crippen LogP contribution is 2.38. The number of nitrogens with one attached hydrogen (secondary N) is 1. The molecule has 0 amide bonds. The molecule has 2 aromatic rings. The molecular weight excluding hydrogens is 464 g/mol. The van der Waals surface area contributed by atoms with Crippen LogP contribution in [-0.4, -0.2) is 74.2 Å². The number of aromatic nitrogens is 2. The van der Waals surface area contributed by atoms with Crippen molar-refractivity contribution in [2.45, 2.75) is 69.7 Å². The molecule has 9 heteroatoms. The third-order valence-electron chi connectivity index (χ3n) is 7.60. The Morgan fingerprint density at radius 1 is 1.03 bits per heavy atom. The van der Waals surface area contributed by atoms with Gasteiger partial charge in [0.1, 0.15) is 11.6 Å². The van der Waals surface area contributed by atoms with E-state index in [9.17, 15) is 8.42 Å². The molecule has 3 heterocycles. The highest BCUT2D eigenvalue weighted by Gasteiger charge is 2.27. The molecule has 1 N–H and O–H groups in total. The highest BCUT2D eigenvalue weighted by molar-refractivity contribution is 7.91. The van der Waals surface area contributed by atoms with Gasteiger partial charge in [-0.1, -0.05) is 12.8 Å². The number of anilines is 1. The molecule has 5 rings (SSSR count). The van der Waals surface area contributed by atoms with Crippen LogP contribution in [0.4, 0.5) is 5.82 Å². The molecule has 192 valence electrons. The van der Waals surface area contributed by atoms with E-state index >= 15 is 0 Å². The number of ether oxygens (including phenoxy) is 2. The second kappa shape index (κ2) is 10.9. The van der Waals surface area contributed by atoms with Gasteiger partial charge in [0.15, 0.2) is 21.3 Å². The zero-order valence-corrected chi connectivity index (χ0v) is 21.6. The number of hydrogen-bond acceptors (Lipinski definition) is 8. The van der Waals surface area contributed by atoms with Gasteiger partial charge in [-0.15, -0.1) is 0 Å². The summed E-state index contributed by atoms with van der Waals surface area (Å²) in [4.78, 5) is 12.4. The van der Waals surface area contributed by atoms with Crippen LogP contribution >= 0.6 is 0 Å². The van der Waals surface area contributed by atoms with Crippen LogP contribution in [0.15, 0.2) is 12.1 Å². The molecule has 0 spiro atoms. The molecule has 1 saturated carbocycles. The third kappa shape index (κ3) is 6.00. The van der Waals surface area contributed by atoms with Crippen LogP contribution in [0.2, 0.25) is 0 Å². The Bertz CT molecular complexity index is 1130. The maximum atomic E-state index is 12.2. The van der Waals surface area contributed by atoms with Crippen LogP contribution in [0, 0.1) is 0 Å². The summed E-state index contributed by atoms with van der Waals surface area (Å²) in [6.07, 6.45) is 9.65. The average molecular weight is 503 g/mol. The van der Waals surface area contributed by atoms with Crippen molar-refractivity contribution in [2.75, 3.05) is 50.2 Å². The number of benzene rings is 1. The molecule has 0 radical (unpaired) electrons. The number of hydrogen-bond donors (Lipinski definition) is 1. The Balaban J connectivity index is 1.41. The SMILES string of the molecule is COc1cc2c(NC3CCCS(=O)(=O)C3)nc(C3CCCC3)nc2cc1OCCCN1CCCC1. The van der Waals surface area contributed by atoms with E-state index in [1.165, 1.54) is 38.8 Å². The van der Waals surface area contributed by atoms with E-state index in [1.807, 2.05) is 12.1 Å². The van der Waals surface area contributed by atoms with Crippen LogP contribution in [0.25, 0.3) is 10.9 Å². The molecule has 3 fully saturated rings. The number of methoxy groups -OCH3 is 1. The van der Waals surface area contributed by atoms with Gasteiger partial charge in [-0.3, -0.25) is 0 Å². The molecule has 2 aliphatic heterocycles. The van der Waals surface area contributed by atoms with E-state index in [4.69, 9.17) is 19.4 Å². The van der Waals surface area contributed by atoms with E-state index in [0.29, 0.717) is 36.3 Å². The van der Waals surface area contributed by atoms with Crippen molar-refractivity contribution in [2.24, 2.45) is 0 Å². The smallest absolute Gasteiger partial charge is 0.163 e. The fourth-order valence-corrected chi connectivity index (χ4v) is 7.35. The summed E-state index contributed by atoms with van der Waals surface area (Å²) < 4.78 is 36.3. The summed E-state index contributed by atoms with van der Waals surface area (Å²) in [6, 6.07) is 3.76. The maximum absolute atomic E-state index is 12.2. The number of likely N-dealkylation sites (tertiary alicyclic amines) is 1. The molecule has 1 aromatic heterocycles. The topological polar surface area (TPSA) is 93.6 Å². The summed E-state index contributed by atoms with van der Waals surface area (Å²) in [5, 5.41) is 4.31. The Kier molecular flexibility index (Phi) is 7.62. The van der Waals surface area contributed by atoms with Gasteiger partial charge < -0.3 is 19.7 Å². The van der Waals surface area contributed by atoms with E-state index in [-0.39, 0.29) is 17.5 Å². The molecule has 2 saturated heterocycles. The molecule has 1 atom stereocenters. The largest absolute Gasteiger partial charge is 0.493 e. The Labute approximate surface area is 208 Å². The van der Waals surface area contributed by atoms with Gasteiger partial charge in [0.2, 0.25) is 0 Å². The van der Waals surface area contributed by atoms with Gasteiger partial charge in [0.05, 0.1) is 30.7 Å². The summed E-state index contributed by atoms with van der Waals surface area (Å²) >= 11 is 0. The molecule has 1 aromatic carbocycles. The van der Waals surface area contributed by atoms with E-state index < -0.39 is 9.84 Å². The Hall–Kier alpha value is -2.13. The van der Waals surface area contributed by atoms with Gasteiger partial charge in [0.25, 0.3) is 0 Å². The second-order valence-electron chi connectivity index (χ2n) is 10.3. The zero-order chi connectivity index (χ0) is 24.3. The monoisotopic (exact) mass is 502 g/mol. The van der Waals surface area contributed by atoms with Crippen molar-refractivity contribution in [1.82, 2.24) is 14.9 Å². The molecule has 0 bridgehead atoms. The average Bonchev–Trinajstić information content (AvgIpc) is 3.55. The van der Waals surface area contributed by atoms with Gasteiger partial charge in [-0.05, 0) is 64.1 Å². The van der Waals surface area contributed by atoms with Gasteiger partial charge in [-0.2, -0.15) is 0 Å². The summed E-state index contributed by atoms with van der Waals surface area (Å²) in [7, 11) is -1.38. The number of sulfone groups is 1. The fourth-order valence-electron chi connectivity index (χ4n) is 5.71. The van der Waals surface area contributed by atoms with Crippen molar-refractivity contribution in [3.8, 4) is 11.5 Å². The van der Waals surface area contributed by atoms with Crippen molar-refractivity contribution in [1.29, 1.82) is 0 Å². The van der Waals surface area contributed by atoms with Gasteiger partial charge >= 0.3 is 0 Å². The van der Waals surface area contributed by atoms with E-state index in [1.54, 1.807) is 7.11 Å². The molecular formula is C26H38N4O4S. The molecule has 1 aliphatic carbocycles. The van der Waals surface area contributed by atoms with Crippen molar-refractivity contribution in [3.05, 3.63) is 18.0 Å². The first kappa shape index (κ1) is 24.6. The quantitative estimate of drug-likeness (QED) is 0.511. The third-order valence-corrected chi connectivity index (χ3v) is 9.42. The lowest BCUT2D eigenvalue weighted by Gasteiger charge is -2.25. The normalized spacial score (nSPS) is 23.1. The van der Waals surface area contributed by atoms with E-state index in [0.717, 1.165) is 49.0 Å². The highest BCUT2D eigenvalue weighted by atomic mass is 32.2. The van der Waals surface area contributed by atoms with Gasteiger partial charge in [0, 0.05) is 30.0 Å². The molecule has 8 nitrogen and oxygen atoms in total. The van der Waals surface area contributed by atoms with Crippen LogP contribution < -0.4 is 14.8 Å². The molecule has 1 unspecified atom stereocenters. The molecule has 3 aliphatic rings. The summed E-state index contributed by atoms with van der Waals surface area (Å²) in [6.45, 7) is 4.07. The number of fused-ring (bicyclic) bond motifs is 1. The zero-order valence-electron chi connectivity index (χ0n) is 20.8. The summed E-state index contributed by atoms with van der Waals surface area (Å²) in [5.74, 6) is 3.67. The lowest BCUT2D eigenvalue weighted by Crippen LogP contribution is -2.35. The van der Waals surface area contributed by atoms with Crippen molar-refractivity contribution < 1.29 is 17.9 Å². The van der Waals surface area contributed by atoms with E-state index in [2.05, 4.69) is 10.2 Å². The van der Waals surface area contributed by atoms with Crippen molar-refractivity contribution in [3.63, 3.8) is 0 Å². The van der Waals surface area contributed by atoms with Crippen LogP contribution in [0.1, 0.15) is 69.5 Å². The minimum absolute atomic E-state index is 0.143. The van der Waals surface area contributed by atoms with Crippen LogP contribution in [0.3, 0.4) is 0 Å². The predicted octanol–water partition coefficient (Wildman–Crippen LogP) is 4.15. The maximum Gasteiger partial charge on any atom is 0.163 e. The Morgan fingerprint density at radius 2 is 1.83 bits per heavy atom. The first-order valence-corrected chi connectivity index (χ1v) is 15.0. The van der Waals surface area contributed by atoms with Crippen LogP contribution in [0.5, 0.6) is 11.5 Å². The molecule has 35 heavy (non-hydrogen) atoms. The number of nitrogens with zero attached hydrogens (tertiary/aromatic N) is 3. The van der Waals surface area contributed by atoms with Crippen LogP contribution in [-0.2, 0) is 9.84 Å². The lowest BCUT2D eigenvalue weighted by atomic mass is 10.1. The second-order valence-corrected chi connectivity index (χ2v) is 12.5. The van der Waals surface area contributed by atoms with Crippen molar-refractivity contribution >= 4 is 26.6 Å². The fraction of sp³-hybridized carbons (Fsp3) is 0.692. The Morgan fingerprint density at radius 3 is 2.57 bits per heavy atom.